The number of benzene rings is 1. The SMILES string of the molecule is C1=CC(Cc2ccccc2)=CC=I1. The van der Waals surface area contributed by atoms with Crippen molar-refractivity contribution < 1.29 is 0 Å². The highest BCUT2D eigenvalue weighted by molar-refractivity contribution is 14.2. The van der Waals surface area contributed by atoms with Crippen molar-refractivity contribution in [3.63, 3.8) is 0 Å². The van der Waals surface area contributed by atoms with Gasteiger partial charge in [0, 0.05) is 0 Å². The molecular weight excluding hydrogens is 271 g/mol. The first-order valence-electron chi connectivity index (χ1n) is 4.30. The molecule has 0 fully saturated rings. The lowest BCUT2D eigenvalue weighted by Gasteiger charge is -2.02. The largest absolute Gasteiger partial charge is 0.0937 e. The topological polar surface area (TPSA) is 0 Å². The molecule has 0 amide bonds. The van der Waals surface area contributed by atoms with Gasteiger partial charge in [0.25, 0.3) is 0 Å². The normalized spacial score (nSPS) is 14.9. The lowest BCUT2D eigenvalue weighted by atomic mass is 10.1. The number of hydrogen-bond acceptors (Lipinski definition) is 0. The zero-order chi connectivity index (χ0) is 8.93. The molecule has 0 N–H and O–H groups in total. The van der Waals surface area contributed by atoms with Crippen LogP contribution in [0.5, 0.6) is 0 Å². The van der Waals surface area contributed by atoms with Crippen LogP contribution in [0.3, 0.4) is 0 Å². The summed E-state index contributed by atoms with van der Waals surface area (Å²) >= 11 is 0.229. The quantitative estimate of drug-likeness (QED) is 0.729. The van der Waals surface area contributed by atoms with E-state index < -0.39 is 0 Å². The van der Waals surface area contributed by atoms with E-state index in [1.807, 2.05) is 0 Å². The zero-order valence-corrected chi connectivity index (χ0v) is 9.44. The fourth-order valence-electron chi connectivity index (χ4n) is 1.28. The lowest BCUT2D eigenvalue weighted by molar-refractivity contribution is 1.20. The van der Waals surface area contributed by atoms with Crippen molar-refractivity contribution in [2.24, 2.45) is 0 Å². The predicted molar refractivity (Wildman–Crippen MR) is 67.5 cm³/mol. The van der Waals surface area contributed by atoms with E-state index in [2.05, 4.69) is 50.6 Å². The van der Waals surface area contributed by atoms with Crippen LogP contribution < -0.4 is 0 Å². The maximum Gasteiger partial charge on any atom is -0.00255 e. The molecule has 0 spiro atoms. The molecule has 1 heteroatoms. The maximum atomic E-state index is 2.32. The van der Waals surface area contributed by atoms with E-state index in [0.29, 0.717) is 0 Å². The molecule has 2 rings (SSSR count). The van der Waals surface area contributed by atoms with E-state index in [9.17, 15) is 0 Å². The molecule has 0 nitrogen and oxygen atoms in total. The molecule has 1 aliphatic heterocycles. The van der Waals surface area contributed by atoms with E-state index in [-0.39, 0.29) is 20.7 Å². The van der Waals surface area contributed by atoms with E-state index >= 15 is 0 Å². The van der Waals surface area contributed by atoms with Gasteiger partial charge in [0.1, 0.15) is 0 Å². The number of halogens is 1. The van der Waals surface area contributed by atoms with Gasteiger partial charge in [0.15, 0.2) is 0 Å². The highest BCUT2D eigenvalue weighted by atomic mass is 127. The minimum Gasteiger partial charge on any atom is -0.0937 e. The minimum absolute atomic E-state index is 0.229. The minimum atomic E-state index is 0.229. The standard InChI is InChI=1S/C12H11I/c1-2-4-11(5-3-1)10-12-6-8-13-9-7-12/h1-9H,10H2. The van der Waals surface area contributed by atoms with Gasteiger partial charge in [-0.2, -0.15) is 0 Å². The summed E-state index contributed by atoms with van der Waals surface area (Å²) in [6.07, 6.45) is 5.60. The second kappa shape index (κ2) is 4.51. The van der Waals surface area contributed by atoms with Crippen LogP contribution in [0, 0.1) is 0 Å². The van der Waals surface area contributed by atoms with Crippen LogP contribution in [-0.4, -0.2) is 4.01 Å². The second-order valence-electron chi connectivity index (χ2n) is 2.95. The third kappa shape index (κ3) is 2.62. The van der Waals surface area contributed by atoms with Gasteiger partial charge in [-0.25, -0.2) is 0 Å². The summed E-state index contributed by atoms with van der Waals surface area (Å²) < 4.78 is 4.63. The average Bonchev–Trinajstić information content (AvgIpc) is 2.21. The second-order valence-corrected chi connectivity index (χ2v) is 5.11. The maximum absolute atomic E-state index is 2.32. The Hall–Kier alpha value is -0.700. The summed E-state index contributed by atoms with van der Waals surface area (Å²) in [6.45, 7) is 0. The van der Waals surface area contributed by atoms with Gasteiger partial charge >= 0.3 is 0 Å². The third-order valence-electron chi connectivity index (χ3n) is 1.95. The molecule has 1 aliphatic rings. The third-order valence-corrected chi connectivity index (χ3v) is 3.50. The van der Waals surface area contributed by atoms with Crippen molar-refractivity contribution in [2.45, 2.75) is 6.42 Å². The van der Waals surface area contributed by atoms with Crippen LogP contribution in [0.25, 0.3) is 0 Å². The van der Waals surface area contributed by atoms with E-state index in [4.69, 9.17) is 0 Å². The molecule has 0 radical (unpaired) electrons. The first-order valence-corrected chi connectivity index (χ1v) is 6.79. The Morgan fingerprint density at radius 3 is 2.62 bits per heavy atom. The van der Waals surface area contributed by atoms with Crippen LogP contribution in [0.4, 0.5) is 0 Å². The smallest absolute Gasteiger partial charge is 0.00255 e. The van der Waals surface area contributed by atoms with Crippen molar-refractivity contribution in [2.75, 3.05) is 0 Å². The van der Waals surface area contributed by atoms with Crippen LogP contribution >= 0.6 is 20.7 Å². The van der Waals surface area contributed by atoms with Gasteiger partial charge in [0.2, 0.25) is 0 Å². The van der Waals surface area contributed by atoms with Gasteiger partial charge in [0.05, 0.1) is 0 Å². The predicted octanol–water partition coefficient (Wildman–Crippen LogP) is 3.46. The monoisotopic (exact) mass is 282 g/mol. The molecule has 0 unspecified atom stereocenters. The van der Waals surface area contributed by atoms with Crippen LogP contribution in [0.1, 0.15) is 5.56 Å². The Kier molecular flexibility index (Phi) is 3.08. The Morgan fingerprint density at radius 2 is 1.92 bits per heavy atom. The van der Waals surface area contributed by atoms with Crippen LogP contribution in [-0.2, 0) is 6.42 Å². The van der Waals surface area contributed by atoms with Crippen molar-refractivity contribution >= 4 is 24.7 Å². The lowest BCUT2D eigenvalue weighted by Crippen LogP contribution is -1.88. The first kappa shape index (κ1) is 8.88. The summed E-state index contributed by atoms with van der Waals surface area (Å²) in [5.41, 5.74) is 2.82. The van der Waals surface area contributed by atoms with Gasteiger partial charge in [-0.1, -0.05) is 63.2 Å². The molecule has 13 heavy (non-hydrogen) atoms. The Labute approximate surface area is 88.7 Å². The van der Waals surface area contributed by atoms with Crippen molar-refractivity contribution in [3.8, 4) is 0 Å². The molecule has 1 aromatic carbocycles. The Bertz CT molecular complexity index is 358. The van der Waals surface area contributed by atoms with Crippen molar-refractivity contribution in [1.29, 1.82) is 0 Å². The van der Waals surface area contributed by atoms with Crippen LogP contribution in [0.15, 0.2) is 52.1 Å². The van der Waals surface area contributed by atoms with Gasteiger partial charge < -0.3 is 0 Å². The number of rotatable bonds is 2. The first-order chi connectivity index (χ1) is 6.45. The van der Waals surface area contributed by atoms with Gasteiger partial charge in [-0.15, -0.1) is 0 Å². The van der Waals surface area contributed by atoms with E-state index in [1.165, 1.54) is 11.1 Å². The fraction of sp³-hybridized carbons (Fsp3) is 0.0833. The molecule has 0 saturated heterocycles. The molecular formula is C12H11I. The van der Waals surface area contributed by atoms with Crippen molar-refractivity contribution in [1.82, 2.24) is 0 Å². The molecule has 0 bridgehead atoms. The van der Waals surface area contributed by atoms with Gasteiger partial charge in [-0.05, 0) is 25.7 Å². The Morgan fingerprint density at radius 1 is 1.08 bits per heavy atom. The molecule has 0 aromatic heterocycles. The van der Waals surface area contributed by atoms with Gasteiger partial charge in [-0.3, -0.25) is 0 Å². The number of allylic oxidation sites excluding steroid dienone is 3. The Balaban J connectivity index is 2.11. The highest BCUT2D eigenvalue weighted by Gasteiger charge is 1.95. The molecule has 1 aromatic rings. The molecule has 0 aliphatic carbocycles. The molecule has 0 saturated carbocycles. The molecule has 0 atom stereocenters. The molecule has 1 heterocycles. The number of hydrogen-bond donors (Lipinski definition) is 0. The van der Waals surface area contributed by atoms with E-state index in [0.717, 1.165) is 6.42 Å². The fourth-order valence-corrected chi connectivity index (χ4v) is 2.86. The zero-order valence-electron chi connectivity index (χ0n) is 7.28. The summed E-state index contributed by atoms with van der Waals surface area (Å²) in [6, 6.07) is 10.6. The average molecular weight is 282 g/mol. The van der Waals surface area contributed by atoms with Crippen LogP contribution in [0.2, 0.25) is 0 Å². The van der Waals surface area contributed by atoms with Crippen molar-refractivity contribution in [3.05, 3.63) is 57.7 Å². The highest BCUT2D eigenvalue weighted by Crippen LogP contribution is 2.14. The molecule has 66 valence electrons. The summed E-state index contributed by atoms with van der Waals surface area (Å²) in [4.78, 5) is 0. The summed E-state index contributed by atoms with van der Waals surface area (Å²) in [5, 5.41) is 0. The summed E-state index contributed by atoms with van der Waals surface area (Å²) in [5.74, 6) is 0. The summed E-state index contributed by atoms with van der Waals surface area (Å²) in [7, 11) is 0. The van der Waals surface area contributed by atoms with E-state index in [1.54, 1.807) is 0 Å².